The molecule has 1 N–H and O–H groups in total. The lowest BCUT2D eigenvalue weighted by Crippen LogP contribution is -2.28. The maximum absolute atomic E-state index is 11.5. The molecule has 104 valence electrons. The van der Waals surface area contributed by atoms with Crippen LogP contribution in [0.15, 0.2) is 42.5 Å². The Morgan fingerprint density at radius 1 is 1.10 bits per heavy atom. The Kier molecular flexibility index (Phi) is 3.47. The van der Waals surface area contributed by atoms with E-state index in [1.807, 2.05) is 12.1 Å². The monoisotopic (exact) mass is 268 g/mol. The molecule has 20 heavy (non-hydrogen) atoms. The first-order chi connectivity index (χ1) is 9.65. The number of benzene rings is 2. The van der Waals surface area contributed by atoms with Crippen LogP contribution in [0.5, 0.6) is 0 Å². The number of carboxylic acid groups (broad SMARTS) is 1. The summed E-state index contributed by atoms with van der Waals surface area (Å²) in [6.07, 6.45) is 2.81. The highest BCUT2D eigenvalue weighted by Gasteiger charge is 2.34. The third kappa shape index (κ3) is 2.43. The smallest absolute Gasteiger partial charge is 0.307 e. The Hall–Kier alpha value is -1.83. The Labute approximate surface area is 119 Å². The van der Waals surface area contributed by atoms with Gasteiger partial charge in [-0.1, -0.05) is 49.4 Å². The number of fused-ring (bicyclic) bond motifs is 1. The molecule has 0 aliphatic heterocycles. The zero-order valence-corrected chi connectivity index (χ0v) is 11.8. The molecule has 3 unspecified atom stereocenters. The summed E-state index contributed by atoms with van der Waals surface area (Å²) in [5, 5.41) is 11.9. The van der Waals surface area contributed by atoms with Crippen molar-refractivity contribution in [1.29, 1.82) is 0 Å². The average molecular weight is 268 g/mol. The van der Waals surface area contributed by atoms with Gasteiger partial charge in [0.2, 0.25) is 0 Å². The molecule has 1 saturated carbocycles. The Morgan fingerprint density at radius 2 is 1.85 bits per heavy atom. The fourth-order valence-electron chi connectivity index (χ4n) is 3.48. The summed E-state index contributed by atoms with van der Waals surface area (Å²) in [5.74, 6) is -0.106. The van der Waals surface area contributed by atoms with Crippen molar-refractivity contribution in [2.75, 3.05) is 0 Å². The van der Waals surface area contributed by atoms with Gasteiger partial charge in [0.1, 0.15) is 0 Å². The SMILES string of the molecule is CC1CCC(C(=O)O)C(c2ccc3ccccc3c2)C1. The van der Waals surface area contributed by atoms with Crippen molar-refractivity contribution in [1.82, 2.24) is 0 Å². The minimum Gasteiger partial charge on any atom is -0.481 e. The number of rotatable bonds is 2. The fraction of sp³-hybridized carbons (Fsp3) is 0.389. The van der Waals surface area contributed by atoms with E-state index in [0.717, 1.165) is 19.3 Å². The first kappa shape index (κ1) is 13.2. The minimum absolute atomic E-state index is 0.154. The number of carboxylic acids is 1. The highest BCUT2D eigenvalue weighted by Crippen LogP contribution is 2.41. The van der Waals surface area contributed by atoms with Gasteiger partial charge in [-0.15, -0.1) is 0 Å². The molecule has 2 heteroatoms. The number of hydrogen-bond acceptors (Lipinski definition) is 1. The van der Waals surface area contributed by atoms with Crippen LogP contribution in [0.3, 0.4) is 0 Å². The Balaban J connectivity index is 2.00. The molecule has 1 fully saturated rings. The van der Waals surface area contributed by atoms with E-state index >= 15 is 0 Å². The standard InChI is InChI=1S/C18H20O2/c1-12-6-9-16(18(19)20)17(10-12)15-8-7-13-4-2-3-5-14(13)11-15/h2-5,7-8,11-12,16-17H,6,9-10H2,1H3,(H,19,20). The maximum atomic E-state index is 11.5. The van der Waals surface area contributed by atoms with Crippen molar-refractivity contribution in [2.45, 2.75) is 32.1 Å². The van der Waals surface area contributed by atoms with Crippen molar-refractivity contribution in [3.05, 3.63) is 48.0 Å². The summed E-state index contributed by atoms with van der Waals surface area (Å²) in [7, 11) is 0. The summed E-state index contributed by atoms with van der Waals surface area (Å²) in [6, 6.07) is 14.7. The van der Waals surface area contributed by atoms with Crippen molar-refractivity contribution in [3.8, 4) is 0 Å². The zero-order chi connectivity index (χ0) is 14.1. The van der Waals surface area contributed by atoms with Gasteiger partial charge in [-0.2, -0.15) is 0 Å². The van der Waals surface area contributed by atoms with Crippen LogP contribution in [0.2, 0.25) is 0 Å². The number of aliphatic carboxylic acids is 1. The molecular weight excluding hydrogens is 248 g/mol. The normalized spacial score (nSPS) is 26.6. The van der Waals surface area contributed by atoms with Gasteiger partial charge in [-0.05, 0) is 47.4 Å². The van der Waals surface area contributed by atoms with Crippen LogP contribution in [0.25, 0.3) is 10.8 Å². The van der Waals surface area contributed by atoms with Crippen molar-refractivity contribution in [2.24, 2.45) is 11.8 Å². The Morgan fingerprint density at radius 3 is 2.60 bits per heavy atom. The van der Waals surface area contributed by atoms with Crippen LogP contribution in [-0.2, 0) is 4.79 Å². The van der Waals surface area contributed by atoms with Crippen LogP contribution >= 0.6 is 0 Å². The highest BCUT2D eigenvalue weighted by atomic mass is 16.4. The molecule has 0 amide bonds. The summed E-state index contributed by atoms with van der Waals surface area (Å²) in [5.41, 5.74) is 1.18. The van der Waals surface area contributed by atoms with Gasteiger partial charge in [0, 0.05) is 0 Å². The van der Waals surface area contributed by atoms with Crippen LogP contribution in [-0.4, -0.2) is 11.1 Å². The molecule has 1 aliphatic rings. The molecule has 3 rings (SSSR count). The van der Waals surface area contributed by atoms with Crippen LogP contribution in [0.1, 0.15) is 37.7 Å². The van der Waals surface area contributed by atoms with E-state index in [-0.39, 0.29) is 11.8 Å². The zero-order valence-electron chi connectivity index (χ0n) is 11.8. The molecule has 3 atom stereocenters. The fourth-order valence-corrected chi connectivity index (χ4v) is 3.48. The van der Waals surface area contributed by atoms with Crippen molar-refractivity contribution < 1.29 is 9.90 Å². The highest BCUT2D eigenvalue weighted by molar-refractivity contribution is 5.83. The summed E-state index contributed by atoms with van der Waals surface area (Å²) in [6.45, 7) is 2.23. The molecule has 1 aliphatic carbocycles. The molecule has 2 aromatic carbocycles. The summed E-state index contributed by atoms with van der Waals surface area (Å²) >= 11 is 0. The molecule has 0 saturated heterocycles. The summed E-state index contributed by atoms with van der Waals surface area (Å²) < 4.78 is 0. The first-order valence-electron chi connectivity index (χ1n) is 7.36. The van der Waals surface area contributed by atoms with E-state index in [1.165, 1.54) is 16.3 Å². The predicted molar refractivity (Wildman–Crippen MR) is 80.8 cm³/mol. The molecule has 0 aromatic heterocycles. The third-order valence-corrected chi connectivity index (χ3v) is 4.63. The van der Waals surface area contributed by atoms with Crippen LogP contribution in [0.4, 0.5) is 0 Å². The molecule has 2 aromatic rings. The van der Waals surface area contributed by atoms with Gasteiger partial charge in [0.25, 0.3) is 0 Å². The summed E-state index contributed by atoms with van der Waals surface area (Å²) in [4.78, 5) is 11.5. The molecule has 0 radical (unpaired) electrons. The van der Waals surface area contributed by atoms with E-state index in [4.69, 9.17) is 0 Å². The minimum atomic E-state index is -0.643. The number of carbonyl (C=O) groups is 1. The molecule has 2 nitrogen and oxygen atoms in total. The van der Waals surface area contributed by atoms with Crippen LogP contribution < -0.4 is 0 Å². The lowest BCUT2D eigenvalue weighted by molar-refractivity contribution is -0.143. The van der Waals surface area contributed by atoms with Gasteiger partial charge >= 0.3 is 5.97 Å². The van der Waals surface area contributed by atoms with Gasteiger partial charge in [-0.3, -0.25) is 4.79 Å². The first-order valence-corrected chi connectivity index (χ1v) is 7.36. The Bertz CT molecular complexity index is 632. The molecule has 0 bridgehead atoms. The second kappa shape index (κ2) is 5.28. The molecule has 0 heterocycles. The largest absolute Gasteiger partial charge is 0.481 e. The van der Waals surface area contributed by atoms with E-state index in [9.17, 15) is 9.90 Å². The second-order valence-corrected chi connectivity index (χ2v) is 6.08. The molecular formula is C18H20O2. The predicted octanol–water partition coefficient (Wildman–Crippen LogP) is 4.44. The second-order valence-electron chi connectivity index (χ2n) is 6.08. The number of hydrogen-bond donors (Lipinski definition) is 1. The van der Waals surface area contributed by atoms with Gasteiger partial charge < -0.3 is 5.11 Å². The van der Waals surface area contributed by atoms with E-state index in [2.05, 4.69) is 37.3 Å². The maximum Gasteiger partial charge on any atom is 0.307 e. The van der Waals surface area contributed by atoms with Crippen LogP contribution in [0, 0.1) is 11.8 Å². The topological polar surface area (TPSA) is 37.3 Å². The van der Waals surface area contributed by atoms with Gasteiger partial charge in [-0.25, -0.2) is 0 Å². The third-order valence-electron chi connectivity index (χ3n) is 4.63. The van der Waals surface area contributed by atoms with Crippen molar-refractivity contribution >= 4 is 16.7 Å². The van der Waals surface area contributed by atoms with E-state index < -0.39 is 5.97 Å². The van der Waals surface area contributed by atoms with Gasteiger partial charge in [0.15, 0.2) is 0 Å². The lowest BCUT2D eigenvalue weighted by atomic mass is 9.71. The van der Waals surface area contributed by atoms with Crippen molar-refractivity contribution in [3.63, 3.8) is 0 Å². The van der Waals surface area contributed by atoms with E-state index in [0.29, 0.717) is 5.92 Å². The quantitative estimate of drug-likeness (QED) is 0.874. The molecule has 0 spiro atoms. The average Bonchev–Trinajstić information content (AvgIpc) is 2.46. The van der Waals surface area contributed by atoms with E-state index in [1.54, 1.807) is 0 Å². The van der Waals surface area contributed by atoms with Gasteiger partial charge in [0.05, 0.1) is 5.92 Å². The lowest BCUT2D eigenvalue weighted by Gasteiger charge is -2.32.